The molecule has 0 spiro atoms. The van der Waals surface area contributed by atoms with Gasteiger partial charge in [-0.15, -0.1) is 0 Å². The van der Waals surface area contributed by atoms with Crippen LogP contribution in [-0.2, 0) is 6.54 Å². The molecule has 0 atom stereocenters. The molecule has 0 bridgehead atoms. The van der Waals surface area contributed by atoms with E-state index in [1.165, 1.54) is 18.3 Å². The molecule has 1 fully saturated rings. The van der Waals surface area contributed by atoms with E-state index in [9.17, 15) is 14.0 Å². The zero-order valence-electron chi connectivity index (χ0n) is 15.5. The Kier molecular flexibility index (Phi) is 5.85. The summed E-state index contributed by atoms with van der Waals surface area (Å²) in [6.07, 6.45) is 1.33. The molecular formula is C19H24FN5O2. The molecular weight excluding hydrogens is 349 g/mol. The first kappa shape index (κ1) is 19.0. The van der Waals surface area contributed by atoms with Gasteiger partial charge in [0.05, 0.1) is 0 Å². The van der Waals surface area contributed by atoms with E-state index in [0.717, 1.165) is 25.2 Å². The number of amides is 1. The third kappa shape index (κ3) is 4.91. The van der Waals surface area contributed by atoms with Crippen molar-refractivity contribution < 1.29 is 9.18 Å². The minimum Gasteiger partial charge on any atom is -0.350 e. The number of rotatable bonds is 5. The van der Waals surface area contributed by atoms with Crippen molar-refractivity contribution in [2.75, 3.05) is 31.1 Å². The summed E-state index contributed by atoms with van der Waals surface area (Å²) in [5, 5.41) is 2.69. The molecule has 0 aliphatic carbocycles. The normalized spacial score (nSPS) is 15.2. The average Bonchev–Trinajstić information content (AvgIpc) is 2.63. The van der Waals surface area contributed by atoms with E-state index < -0.39 is 11.5 Å². The lowest BCUT2D eigenvalue weighted by Gasteiger charge is -2.35. The van der Waals surface area contributed by atoms with Crippen molar-refractivity contribution in [2.45, 2.75) is 26.4 Å². The van der Waals surface area contributed by atoms with Crippen LogP contribution in [0, 0.1) is 5.82 Å². The highest BCUT2D eigenvalue weighted by Gasteiger charge is 2.20. The Bertz CT molecular complexity index is 842. The standard InChI is InChI=1S/C19H24FN5O2/c1-13(2)22-17(26)16-11-21-19(23-18(16)27)25-9-7-24(8-10-25)12-14-3-5-15(20)6-4-14/h3-6,11,13H,7-10,12H2,1-2H3,(H,22,26)(H,21,23,27). The van der Waals surface area contributed by atoms with Gasteiger partial charge >= 0.3 is 0 Å². The fourth-order valence-corrected chi connectivity index (χ4v) is 3.01. The van der Waals surface area contributed by atoms with Gasteiger partial charge in [0, 0.05) is 45.0 Å². The van der Waals surface area contributed by atoms with E-state index in [1.54, 1.807) is 12.1 Å². The second kappa shape index (κ2) is 8.30. The zero-order valence-corrected chi connectivity index (χ0v) is 15.5. The van der Waals surface area contributed by atoms with Gasteiger partial charge in [0.25, 0.3) is 11.5 Å². The maximum atomic E-state index is 13.0. The highest BCUT2D eigenvalue weighted by molar-refractivity contribution is 5.93. The zero-order chi connectivity index (χ0) is 19.4. The number of H-pyrrole nitrogens is 1. The van der Waals surface area contributed by atoms with Gasteiger partial charge in [-0.25, -0.2) is 9.37 Å². The first-order valence-electron chi connectivity index (χ1n) is 9.04. The van der Waals surface area contributed by atoms with Crippen LogP contribution < -0.4 is 15.8 Å². The Morgan fingerprint density at radius 2 is 1.89 bits per heavy atom. The number of nitrogens with zero attached hydrogens (tertiary/aromatic N) is 3. The number of aromatic nitrogens is 2. The van der Waals surface area contributed by atoms with Crippen molar-refractivity contribution >= 4 is 11.9 Å². The van der Waals surface area contributed by atoms with Crippen molar-refractivity contribution in [3.05, 3.63) is 57.8 Å². The molecule has 1 aromatic carbocycles. The number of benzene rings is 1. The van der Waals surface area contributed by atoms with Crippen molar-refractivity contribution in [2.24, 2.45) is 0 Å². The predicted octanol–water partition coefficient (Wildman–Crippen LogP) is 1.37. The Balaban J connectivity index is 1.59. The smallest absolute Gasteiger partial charge is 0.265 e. The lowest BCUT2D eigenvalue weighted by Crippen LogP contribution is -2.47. The first-order chi connectivity index (χ1) is 12.9. The molecule has 2 aromatic rings. The maximum absolute atomic E-state index is 13.0. The van der Waals surface area contributed by atoms with E-state index in [-0.39, 0.29) is 17.4 Å². The van der Waals surface area contributed by atoms with E-state index in [1.807, 2.05) is 18.7 Å². The SMILES string of the molecule is CC(C)NC(=O)c1cnc(N2CCN(Cc3ccc(F)cc3)CC2)[nH]c1=O. The first-order valence-corrected chi connectivity index (χ1v) is 9.04. The van der Waals surface area contributed by atoms with Crippen molar-refractivity contribution in [3.8, 4) is 0 Å². The quantitative estimate of drug-likeness (QED) is 0.827. The molecule has 1 amide bonds. The molecule has 1 saturated heterocycles. The molecule has 1 aliphatic rings. The number of piperazine rings is 1. The van der Waals surface area contributed by atoms with Crippen molar-refractivity contribution in [1.82, 2.24) is 20.2 Å². The van der Waals surface area contributed by atoms with Gasteiger partial charge in [0.2, 0.25) is 5.95 Å². The van der Waals surface area contributed by atoms with Gasteiger partial charge in [0.15, 0.2) is 0 Å². The molecule has 27 heavy (non-hydrogen) atoms. The number of anilines is 1. The van der Waals surface area contributed by atoms with Gasteiger partial charge < -0.3 is 10.2 Å². The van der Waals surface area contributed by atoms with Crippen LogP contribution in [0.2, 0.25) is 0 Å². The van der Waals surface area contributed by atoms with Gasteiger partial charge in [-0.1, -0.05) is 12.1 Å². The molecule has 7 nitrogen and oxygen atoms in total. The maximum Gasteiger partial charge on any atom is 0.265 e. The summed E-state index contributed by atoms with van der Waals surface area (Å²) >= 11 is 0. The van der Waals surface area contributed by atoms with Crippen LogP contribution in [0.25, 0.3) is 0 Å². The Morgan fingerprint density at radius 3 is 2.48 bits per heavy atom. The van der Waals surface area contributed by atoms with Gasteiger partial charge in [-0.05, 0) is 31.5 Å². The number of carbonyl (C=O) groups is 1. The number of carbonyl (C=O) groups excluding carboxylic acids is 1. The lowest BCUT2D eigenvalue weighted by atomic mass is 10.2. The monoisotopic (exact) mass is 373 g/mol. The van der Waals surface area contributed by atoms with E-state index in [4.69, 9.17) is 0 Å². The molecule has 0 radical (unpaired) electrons. The third-order valence-electron chi connectivity index (χ3n) is 4.44. The fourth-order valence-electron chi connectivity index (χ4n) is 3.01. The van der Waals surface area contributed by atoms with Gasteiger partial charge in [-0.3, -0.25) is 19.5 Å². The van der Waals surface area contributed by atoms with Crippen LogP contribution >= 0.6 is 0 Å². The summed E-state index contributed by atoms with van der Waals surface area (Å²) in [5.74, 6) is -0.180. The van der Waals surface area contributed by atoms with Crippen molar-refractivity contribution in [3.63, 3.8) is 0 Å². The van der Waals surface area contributed by atoms with Crippen molar-refractivity contribution in [1.29, 1.82) is 0 Å². The van der Waals surface area contributed by atoms with E-state index in [0.29, 0.717) is 19.0 Å². The van der Waals surface area contributed by atoms with Crippen LogP contribution in [0.15, 0.2) is 35.3 Å². The largest absolute Gasteiger partial charge is 0.350 e. The molecule has 8 heteroatoms. The van der Waals surface area contributed by atoms with E-state index in [2.05, 4.69) is 20.2 Å². The van der Waals surface area contributed by atoms with E-state index >= 15 is 0 Å². The second-order valence-corrected chi connectivity index (χ2v) is 6.97. The van der Waals surface area contributed by atoms with Crippen LogP contribution in [0.5, 0.6) is 0 Å². The minimum atomic E-state index is -0.438. The topological polar surface area (TPSA) is 81.3 Å². The minimum absolute atomic E-state index is 0.0161. The lowest BCUT2D eigenvalue weighted by molar-refractivity contribution is 0.0941. The molecule has 0 saturated carbocycles. The van der Waals surface area contributed by atoms with Crippen LogP contribution in [0.3, 0.4) is 0 Å². The average molecular weight is 373 g/mol. The number of halogens is 1. The molecule has 1 aliphatic heterocycles. The molecule has 0 unspecified atom stereocenters. The number of nitrogens with one attached hydrogen (secondary N) is 2. The summed E-state index contributed by atoms with van der Waals surface area (Å²) in [5.41, 5.74) is 0.645. The Hall–Kier alpha value is -2.74. The molecule has 2 heterocycles. The fraction of sp³-hybridized carbons (Fsp3) is 0.421. The Labute approximate surface area is 157 Å². The summed E-state index contributed by atoms with van der Waals surface area (Å²) in [6, 6.07) is 6.48. The summed E-state index contributed by atoms with van der Waals surface area (Å²) in [7, 11) is 0. The summed E-state index contributed by atoms with van der Waals surface area (Å²) in [4.78, 5) is 35.4. The van der Waals surface area contributed by atoms with Crippen LogP contribution in [-0.4, -0.2) is 53.0 Å². The number of hydrogen-bond acceptors (Lipinski definition) is 5. The van der Waals surface area contributed by atoms with Crippen LogP contribution in [0.4, 0.5) is 10.3 Å². The molecule has 1 aromatic heterocycles. The predicted molar refractivity (Wildman–Crippen MR) is 101 cm³/mol. The van der Waals surface area contributed by atoms with Gasteiger partial charge in [-0.2, -0.15) is 0 Å². The number of aromatic amines is 1. The molecule has 2 N–H and O–H groups in total. The van der Waals surface area contributed by atoms with Gasteiger partial charge in [0.1, 0.15) is 11.4 Å². The second-order valence-electron chi connectivity index (χ2n) is 6.97. The molecule has 144 valence electrons. The third-order valence-corrected chi connectivity index (χ3v) is 4.44. The highest BCUT2D eigenvalue weighted by atomic mass is 19.1. The Morgan fingerprint density at radius 1 is 1.22 bits per heavy atom. The number of hydrogen-bond donors (Lipinski definition) is 2. The summed E-state index contributed by atoms with van der Waals surface area (Å²) < 4.78 is 13.0. The summed E-state index contributed by atoms with van der Waals surface area (Å²) in [6.45, 7) is 7.45. The highest BCUT2D eigenvalue weighted by Crippen LogP contribution is 2.13. The van der Waals surface area contributed by atoms with Crippen LogP contribution in [0.1, 0.15) is 29.8 Å². The molecule has 3 rings (SSSR count).